The van der Waals surface area contributed by atoms with Gasteiger partial charge in [-0.1, -0.05) is 12.1 Å². The van der Waals surface area contributed by atoms with Gasteiger partial charge in [0.25, 0.3) is 11.5 Å². The lowest BCUT2D eigenvalue weighted by Crippen LogP contribution is -2.27. The van der Waals surface area contributed by atoms with Crippen molar-refractivity contribution in [1.82, 2.24) is 14.3 Å². The fraction of sp³-hybridized carbons (Fsp3) is 0.350. The van der Waals surface area contributed by atoms with Crippen molar-refractivity contribution in [2.24, 2.45) is 0 Å². The van der Waals surface area contributed by atoms with Crippen molar-refractivity contribution in [3.63, 3.8) is 0 Å². The smallest absolute Gasteiger partial charge is 0.258 e. The average molecular weight is 400 g/mol. The maximum absolute atomic E-state index is 12.4. The third-order valence-electron chi connectivity index (χ3n) is 4.74. The number of thioether (sulfide) groups is 1. The summed E-state index contributed by atoms with van der Waals surface area (Å²) in [5.74, 6) is 1.65. The van der Waals surface area contributed by atoms with Crippen LogP contribution in [0.4, 0.5) is 0 Å². The molecule has 27 heavy (non-hydrogen) atoms. The lowest BCUT2D eigenvalue weighted by Gasteiger charge is -2.15. The van der Waals surface area contributed by atoms with Crippen LogP contribution in [0.5, 0.6) is 0 Å². The van der Waals surface area contributed by atoms with E-state index < -0.39 is 0 Å². The van der Waals surface area contributed by atoms with Gasteiger partial charge in [0.2, 0.25) is 0 Å². The van der Waals surface area contributed by atoms with Crippen molar-refractivity contribution in [1.29, 1.82) is 0 Å². The Morgan fingerprint density at radius 3 is 2.67 bits per heavy atom. The second-order valence-corrected chi connectivity index (χ2v) is 8.59. The lowest BCUT2D eigenvalue weighted by atomic mass is 10.1. The van der Waals surface area contributed by atoms with Crippen LogP contribution in [-0.2, 0) is 11.5 Å². The first kappa shape index (κ1) is 18.3. The van der Waals surface area contributed by atoms with Crippen LogP contribution in [0.1, 0.15) is 40.2 Å². The van der Waals surface area contributed by atoms with E-state index in [2.05, 4.69) is 4.98 Å². The summed E-state index contributed by atoms with van der Waals surface area (Å²) in [5, 5.41) is 1.95. The van der Waals surface area contributed by atoms with Gasteiger partial charge in [0.05, 0.1) is 5.69 Å². The molecule has 7 heteroatoms. The molecular weight excluding hydrogens is 378 g/mol. The predicted molar refractivity (Wildman–Crippen MR) is 111 cm³/mol. The quantitative estimate of drug-likeness (QED) is 0.656. The summed E-state index contributed by atoms with van der Waals surface area (Å²) in [6.07, 6.45) is 2.21. The van der Waals surface area contributed by atoms with Gasteiger partial charge in [-0.15, -0.1) is 11.3 Å². The Bertz CT molecular complexity index is 1020. The van der Waals surface area contributed by atoms with Gasteiger partial charge in [-0.25, -0.2) is 4.98 Å². The molecule has 2 aromatic heterocycles. The Hall–Kier alpha value is -2.12. The number of hydrogen-bond donors (Lipinski definition) is 0. The van der Waals surface area contributed by atoms with Gasteiger partial charge >= 0.3 is 0 Å². The lowest BCUT2D eigenvalue weighted by molar-refractivity contribution is 0.0793. The fourth-order valence-corrected chi connectivity index (χ4v) is 5.07. The number of nitrogens with zero attached hydrogens (tertiary/aromatic N) is 3. The van der Waals surface area contributed by atoms with Gasteiger partial charge in [0.1, 0.15) is 0 Å². The number of aryl methyl sites for hydroxylation is 1. The summed E-state index contributed by atoms with van der Waals surface area (Å²) in [6.45, 7) is 3.66. The highest BCUT2D eigenvalue weighted by atomic mass is 32.2. The largest absolute Gasteiger partial charge is 0.339 e. The number of likely N-dealkylation sites (tertiary alicyclic amines) is 1. The molecule has 0 unspecified atom stereocenters. The second-order valence-electron chi connectivity index (χ2n) is 6.77. The minimum absolute atomic E-state index is 0.0147. The zero-order valence-electron chi connectivity index (χ0n) is 15.2. The molecule has 1 fully saturated rings. The van der Waals surface area contributed by atoms with Crippen LogP contribution in [0.25, 0.3) is 4.96 Å². The molecule has 5 nitrogen and oxygen atoms in total. The zero-order valence-corrected chi connectivity index (χ0v) is 16.8. The maximum Gasteiger partial charge on any atom is 0.258 e. The monoisotopic (exact) mass is 399 g/mol. The van der Waals surface area contributed by atoms with E-state index in [9.17, 15) is 9.59 Å². The van der Waals surface area contributed by atoms with Crippen LogP contribution in [0, 0.1) is 6.92 Å². The van der Waals surface area contributed by atoms with Crippen molar-refractivity contribution >= 4 is 34.0 Å². The van der Waals surface area contributed by atoms with Crippen LogP contribution >= 0.6 is 23.1 Å². The zero-order chi connectivity index (χ0) is 18.8. The van der Waals surface area contributed by atoms with E-state index in [4.69, 9.17) is 0 Å². The Balaban J connectivity index is 1.36. The number of hydrogen-bond acceptors (Lipinski definition) is 5. The minimum Gasteiger partial charge on any atom is -0.339 e. The summed E-state index contributed by atoms with van der Waals surface area (Å²) in [6, 6.07) is 9.50. The first-order valence-electron chi connectivity index (χ1n) is 9.04. The van der Waals surface area contributed by atoms with E-state index in [1.165, 1.54) is 16.9 Å². The number of rotatable bonds is 5. The summed E-state index contributed by atoms with van der Waals surface area (Å²) in [4.78, 5) is 31.8. The summed E-state index contributed by atoms with van der Waals surface area (Å²) < 4.78 is 1.65. The average Bonchev–Trinajstić information content (AvgIpc) is 3.32. The highest BCUT2D eigenvalue weighted by Crippen LogP contribution is 2.20. The molecule has 1 aliphatic heterocycles. The predicted octanol–water partition coefficient (Wildman–Crippen LogP) is 3.73. The van der Waals surface area contributed by atoms with E-state index in [1.807, 2.05) is 41.5 Å². The van der Waals surface area contributed by atoms with Gasteiger partial charge in [0.15, 0.2) is 4.96 Å². The molecule has 0 atom stereocenters. The standard InChI is InChI=1S/C20H21N3O2S2/c1-14-11-27-20-21-17(10-18(24)23(14)20)13-26-12-15-4-6-16(7-5-15)19(25)22-8-2-3-9-22/h4-7,10-11H,2-3,8-9,12-13H2,1H3. The molecule has 0 N–H and O–H groups in total. The van der Waals surface area contributed by atoms with Gasteiger partial charge in [-0.05, 0) is 37.5 Å². The van der Waals surface area contributed by atoms with Gasteiger partial charge in [-0.2, -0.15) is 11.8 Å². The van der Waals surface area contributed by atoms with E-state index in [-0.39, 0.29) is 11.5 Å². The summed E-state index contributed by atoms with van der Waals surface area (Å²) in [5.41, 5.74) is 3.66. The number of fused-ring (bicyclic) bond motifs is 1. The second kappa shape index (κ2) is 7.86. The molecule has 0 saturated carbocycles. The molecule has 1 amide bonds. The van der Waals surface area contributed by atoms with Crippen LogP contribution < -0.4 is 5.56 Å². The van der Waals surface area contributed by atoms with E-state index >= 15 is 0 Å². The Morgan fingerprint density at radius 1 is 1.19 bits per heavy atom. The van der Waals surface area contributed by atoms with E-state index in [0.29, 0.717) is 5.75 Å². The molecule has 0 spiro atoms. The van der Waals surface area contributed by atoms with E-state index in [0.717, 1.165) is 53.6 Å². The third kappa shape index (κ3) is 3.94. The summed E-state index contributed by atoms with van der Waals surface area (Å²) >= 11 is 3.22. The fourth-order valence-electron chi connectivity index (χ4n) is 3.29. The van der Waals surface area contributed by atoms with Gasteiger partial charge in [-0.3, -0.25) is 14.0 Å². The minimum atomic E-state index is -0.0147. The van der Waals surface area contributed by atoms with E-state index in [1.54, 1.807) is 22.2 Å². The van der Waals surface area contributed by atoms with Crippen LogP contribution in [0.15, 0.2) is 40.5 Å². The number of aromatic nitrogens is 2. The van der Waals surface area contributed by atoms with Crippen molar-refractivity contribution in [3.8, 4) is 0 Å². The molecule has 0 aliphatic carbocycles. The molecule has 0 radical (unpaired) electrons. The molecule has 1 saturated heterocycles. The molecule has 140 valence electrons. The highest BCUT2D eigenvalue weighted by molar-refractivity contribution is 7.97. The molecule has 3 aromatic rings. The van der Waals surface area contributed by atoms with Crippen molar-refractivity contribution < 1.29 is 4.79 Å². The number of carbonyl (C=O) groups excluding carboxylic acids is 1. The first-order valence-corrected chi connectivity index (χ1v) is 11.1. The van der Waals surface area contributed by atoms with Crippen LogP contribution in [0.2, 0.25) is 0 Å². The van der Waals surface area contributed by atoms with Gasteiger partial charge < -0.3 is 4.90 Å². The maximum atomic E-state index is 12.4. The van der Waals surface area contributed by atoms with Crippen molar-refractivity contribution in [2.45, 2.75) is 31.3 Å². The molecule has 1 aromatic carbocycles. The third-order valence-corrected chi connectivity index (χ3v) is 6.72. The highest BCUT2D eigenvalue weighted by Gasteiger charge is 2.19. The summed E-state index contributed by atoms with van der Waals surface area (Å²) in [7, 11) is 0. The molecule has 4 rings (SSSR count). The van der Waals surface area contributed by atoms with Crippen LogP contribution in [0.3, 0.4) is 0 Å². The Kier molecular flexibility index (Phi) is 5.31. The van der Waals surface area contributed by atoms with Gasteiger partial charge in [0, 0.05) is 47.3 Å². The van der Waals surface area contributed by atoms with Crippen molar-refractivity contribution in [3.05, 3.63) is 68.6 Å². The number of carbonyl (C=O) groups is 1. The number of benzene rings is 1. The normalized spacial score (nSPS) is 14.2. The Labute approximate surface area is 166 Å². The Morgan fingerprint density at radius 2 is 1.93 bits per heavy atom. The molecule has 0 bridgehead atoms. The molecule has 3 heterocycles. The number of thiazole rings is 1. The molecule has 1 aliphatic rings. The topological polar surface area (TPSA) is 54.7 Å². The first-order chi connectivity index (χ1) is 13.1. The van der Waals surface area contributed by atoms with Crippen molar-refractivity contribution in [2.75, 3.05) is 13.1 Å². The van der Waals surface area contributed by atoms with Crippen LogP contribution in [-0.4, -0.2) is 33.3 Å². The SMILES string of the molecule is Cc1csc2nc(CSCc3ccc(C(=O)N4CCCC4)cc3)cc(=O)n12. The number of amides is 1. The molecular formula is C20H21N3O2S2.